The van der Waals surface area contributed by atoms with Crippen LogP contribution in [-0.2, 0) is 17.3 Å². The van der Waals surface area contributed by atoms with E-state index in [-0.39, 0.29) is 17.8 Å². The molecule has 4 nitrogen and oxygen atoms in total. The van der Waals surface area contributed by atoms with Crippen molar-refractivity contribution in [2.45, 2.75) is 82.5 Å². The Morgan fingerprint density at radius 2 is 1.70 bits per heavy atom. The topological polar surface area (TPSA) is 50.5 Å². The molecular weight excluding hydrogens is 495 g/mol. The van der Waals surface area contributed by atoms with Crippen molar-refractivity contribution in [3.05, 3.63) is 59.2 Å². The van der Waals surface area contributed by atoms with Crippen LogP contribution in [0.25, 0.3) is 0 Å². The van der Waals surface area contributed by atoms with Crippen LogP contribution < -0.4 is 11.1 Å². The van der Waals surface area contributed by atoms with Crippen LogP contribution in [-0.4, -0.2) is 41.7 Å². The zero-order valence-electron chi connectivity index (χ0n) is 21.5. The Bertz CT molecular complexity index is 1030. The molecule has 0 atom stereocenters. The number of nitrogens with two attached hydrogens (primary N) is 1. The molecule has 1 heterocycles. The van der Waals surface area contributed by atoms with Gasteiger partial charge in [0, 0.05) is 30.5 Å². The first kappa shape index (κ1) is 27.7. The average Bonchev–Trinajstić information content (AvgIpc) is 2.89. The molecule has 37 heavy (non-hydrogen) atoms. The summed E-state index contributed by atoms with van der Waals surface area (Å²) in [7, 11) is 0. The Hall–Kier alpha value is -2.32. The van der Waals surface area contributed by atoms with Gasteiger partial charge in [-0.05, 0) is 80.2 Å². The highest BCUT2D eigenvalue weighted by molar-refractivity contribution is 7.80. The lowest BCUT2D eigenvalue weighted by Gasteiger charge is -2.35. The fraction of sp³-hybridized carbons (Fsp3) is 0.552. The number of rotatable bonds is 8. The number of ether oxygens (including phenoxy) is 1. The molecule has 4 rings (SSSR count). The molecule has 0 radical (unpaired) electrons. The molecule has 1 saturated carbocycles. The number of thiocarbonyl (C=S) groups is 1. The van der Waals surface area contributed by atoms with Crippen molar-refractivity contribution in [2.75, 3.05) is 30.7 Å². The Labute approximate surface area is 223 Å². The number of nitrogens with zero attached hydrogens (tertiary/aromatic N) is 1. The number of alkyl halides is 3. The van der Waals surface area contributed by atoms with E-state index in [2.05, 4.69) is 41.4 Å². The molecular formula is C29H38F3N3OS. The lowest BCUT2D eigenvalue weighted by Crippen LogP contribution is -2.40. The fourth-order valence-electron chi connectivity index (χ4n) is 5.49. The van der Waals surface area contributed by atoms with Crippen LogP contribution in [0.4, 0.5) is 24.5 Å². The van der Waals surface area contributed by atoms with Crippen LogP contribution in [0, 0.1) is 0 Å². The van der Waals surface area contributed by atoms with Gasteiger partial charge in [0.15, 0.2) is 0 Å². The maximum absolute atomic E-state index is 13.1. The molecule has 2 fully saturated rings. The van der Waals surface area contributed by atoms with E-state index in [0.29, 0.717) is 18.2 Å². The first-order valence-electron chi connectivity index (χ1n) is 13.4. The minimum absolute atomic E-state index is 0.117. The summed E-state index contributed by atoms with van der Waals surface area (Å²) in [4.78, 5) is 3.16. The number of hydrogen-bond donors (Lipinski definition) is 2. The highest BCUT2D eigenvalue weighted by atomic mass is 32.1. The number of nitrogen functional groups attached to an aromatic ring is 1. The maximum Gasteiger partial charge on any atom is 0.418 e. The standard InChI is InChI=1S/C29H38F3N3OS/c1-2-3-20-4-6-21(7-5-20)22-14-16-35(17-15-22)28(37)19-36-25-11-8-23(9-12-25)34-24-10-13-27(33)26(18-24)29(30,31)32/h4-7,10,13,18,22-23,25,34H,2-3,8-9,11-12,14-17,19,33H2,1H3. The summed E-state index contributed by atoms with van der Waals surface area (Å²) in [6, 6.07) is 13.3. The Morgan fingerprint density at radius 3 is 2.32 bits per heavy atom. The summed E-state index contributed by atoms with van der Waals surface area (Å²) in [5.74, 6) is 0.590. The Balaban J connectivity index is 1.16. The van der Waals surface area contributed by atoms with Gasteiger partial charge in [-0.25, -0.2) is 0 Å². The zero-order chi connectivity index (χ0) is 26.4. The van der Waals surface area contributed by atoms with Crippen LogP contribution in [0.3, 0.4) is 0 Å². The molecule has 0 spiro atoms. The highest BCUT2D eigenvalue weighted by Gasteiger charge is 2.33. The van der Waals surface area contributed by atoms with Crippen molar-refractivity contribution in [3.8, 4) is 0 Å². The number of hydrogen-bond acceptors (Lipinski definition) is 4. The van der Waals surface area contributed by atoms with E-state index in [4.69, 9.17) is 22.7 Å². The number of nitrogens with one attached hydrogen (secondary N) is 1. The first-order valence-corrected chi connectivity index (χ1v) is 13.8. The monoisotopic (exact) mass is 533 g/mol. The van der Waals surface area contributed by atoms with E-state index < -0.39 is 11.7 Å². The van der Waals surface area contributed by atoms with Gasteiger partial charge in [-0.1, -0.05) is 49.8 Å². The summed E-state index contributed by atoms with van der Waals surface area (Å²) < 4.78 is 45.6. The second kappa shape index (κ2) is 12.5. The number of halogens is 3. The molecule has 0 aromatic heterocycles. The lowest BCUT2D eigenvalue weighted by molar-refractivity contribution is -0.136. The molecule has 2 aromatic rings. The highest BCUT2D eigenvalue weighted by Crippen LogP contribution is 2.36. The van der Waals surface area contributed by atoms with Gasteiger partial charge in [0.25, 0.3) is 0 Å². The third kappa shape index (κ3) is 7.60. The lowest BCUT2D eigenvalue weighted by atomic mass is 9.89. The first-order chi connectivity index (χ1) is 17.7. The Kier molecular flexibility index (Phi) is 9.35. The van der Waals surface area contributed by atoms with Crippen molar-refractivity contribution in [1.82, 2.24) is 4.90 Å². The smallest absolute Gasteiger partial charge is 0.398 e. The molecule has 202 valence electrons. The SMILES string of the molecule is CCCc1ccc(C2CCN(C(=S)COC3CCC(Nc4ccc(N)c(C(F)(F)F)c4)CC3)CC2)cc1. The number of anilines is 2. The van der Waals surface area contributed by atoms with E-state index in [1.54, 1.807) is 6.07 Å². The molecule has 0 amide bonds. The average molecular weight is 534 g/mol. The van der Waals surface area contributed by atoms with Crippen molar-refractivity contribution >= 4 is 28.6 Å². The van der Waals surface area contributed by atoms with Crippen LogP contribution in [0.2, 0.25) is 0 Å². The van der Waals surface area contributed by atoms with E-state index in [1.165, 1.54) is 23.6 Å². The molecule has 3 N–H and O–H groups in total. The van der Waals surface area contributed by atoms with Crippen molar-refractivity contribution < 1.29 is 17.9 Å². The van der Waals surface area contributed by atoms with Crippen LogP contribution in [0.1, 0.15) is 74.5 Å². The summed E-state index contributed by atoms with van der Waals surface area (Å²) in [6.45, 7) is 4.59. The van der Waals surface area contributed by atoms with Crippen LogP contribution >= 0.6 is 12.2 Å². The minimum atomic E-state index is -4.46. The van der Waals surface area contributed by atoms with Gasteiger partial charge in [0.1, 0.15) is 4.99 Å². The maximum atomic E-state index is 13.1. The van der Waals surface area contributed by atoms with E-state index in [0.717, 1.165) is 69.1 Å². The molecule has 2 aromatic carbocycles. The molecule has 0 unspecified atom stereocenters. The summed E-state index contributed by atoms with van der Waals surface area (Å²) >= 11 is 5.69. The number of benzene rings is 2. The van der Waals surface area contributed by atoms with Crippen LogP contribution in [0.5, 0.6) is 0 Å². The largest absolute Gasteiger partial charge is 0.418 e. The van der Waals surface area contributed by atoms with E-state index in [1.807, 2.05) is 0 Å². The minimum Gasteiger partial charge on any atom is -0.398 e. The quantitative estimate of drug-likeness (QED) is 0.278. The molecule has 1 aliphatic heterocycles. The van der Waals surface area contributed by atoms with Gasteiger partial charge in [-0.2, -0.15) is 13.2 Å². The third-order valence-electron chi connectivity index (χ3n) is 7.68. The van der Waals surface area contributed by atoms with Crippen molar-refractivity contribution in [3.63, 3.8) is 0 Å². The molecule has 8 heteroatoms. The Morgan fingerprint density at radius 1 is 1.03 bits per heavy atom. The second-order valence-corrected chi connectivity index (χ2v) is 10.8. The van der Waals surface area contributed by atoms with Gasteiger partial charge in [-0.15, -0.1) is 0 Å². The van der Waals surface area contributed by atoms with Crippen molar-refractivity contribution in [1.29, 1.82) is 0 Å². The zero-order valence-corrected chi connectivity index (χ0v) is 22.3. The predicted octanol–water partition coefficient (Wildman–Crippen LogP) is 7.19. The molecule has 0 bridgehead atoms. The number of aryl methyl sites for hydroxylation is 1. The van der Waals surface area contributed by atoms with Gasteiger partial charge < -0.3 is 20.7 Å². The molecule has 2 aliphatic rings. The summed E-state index contributed by atoms with van der Waals surface area (Å²) in [5.41, 5.74) is 7.75. The van der Waals surface area contributed by atoms with E-state index >= 15 is 0 Å². The number of piperidine rings is 1. The third-order valence-corrected chi connectivity index (χ3v) is 8.06. The second-order valence-electron chi connectivity index (χ2n) is 10.4. The predicted molar refractivity (Wildman–Crippen MR) is 148 cm³/mol. The van der Waals surface area contributed by atoms with Crippen molar-refractivity contribution in [2.24, 2.45) is 0 Å². The van der Waals surface area contributed by atoms with E-state index in [9.17, 15) is 13.2 Å². The van der Waals surface area contributed by atoms with Gasteiger partial charge >= 0.3 is 6.18 Å². The summed E-state index contributed by atoms with van der Waals surface area (Å²) in [6.07, 6.45) is 3.58. The van der Waals surface area contributed by atoms with Gasteiger partial charge in [-0.3, -0.25) is 0 Å². The van der Waals surface area contributed by atoms with Gasteiger partial charge in [0.05, 0.1) is 18.3 Å². The normalized spacial score (nSPS) is 21.1. The summed E-state index contributed by atoms with van der Waals surface area (Å²) in [5, 5.41) is 3.24. The molecule has 1 aliphatic carbocycles. The molecule has 1 saturated heterocycles. The fourth-order valence-corrected chi connectivity index (χ4v) is 5.74. The van der Waals surface area contributed by atoms with Crippen LogP contribution in [0.15, 0.2) is 42.5 Å². The number of likely N-dealkylation sites (tertiary alicyclic amines) is 1. The van der Waals surface area contributed by atoms with Gasteiger partial charge in [0.2, 0.25) is 0 Å².